The molecular formula is C7H7N3S. The minimum Gasteiger partial charge on any atom is -0.288 e. The van der Waals surface area contributed by atoms with Crippen LogP contribution in [0.3, 0.4) is 0 Å². The maximum Gasteiger partial charge on any atom is 0.116 e. The fraction of sp³-hybridized carbons (Fsp3) is 0.143. The Balaban J connectivity index is 2.76. The molecule has 0 aliphatic rings. The molecule has 0 fully saturated rings. The molecule has 11 heavy (non-hydrogen) atoms. The van der Waals surface area contributed by atoms with Gasteiger partial charge in [-0.05, 0) is 18.0 Å². The molecule has 0 spiro atoms. The normalized spacial score (nSPS) is 10.6. The summed E-state index contributed by atoms with van der Waals surface area (Å²) in [6, 6.07) is 1.98. The zero-order chi connectivity index (χ0) is 7.68. The van der Waals surface area contributed by atoms with Gasteiger partial charge in [-0.1, -0.05) is 0 Å². The van der Waals surface area contributed by atoms with Gasteiger partial charge in [0, 0.05) is 12.5 Å². The number of fused-ring (bicyclic) bond motifs is 1. The van der Waals surface area contributed by atoms with Crippen LogP contribution in [0.1, 0.15) is 0 Å². The smallest absolute Gasteiger partial charge is 0.116 e. The Morgan fingerprint density at radius 1 is 1.55 bits per heavy atom. The van der Waals surface area contributed by atoms with Gasteiger partial charge in [0.2, 0.25) is 0 Å². The predicted octanol–water partition coefficient (Wildman–Crippen LogP) is 1.56. The van der Waals surface area contributed by atoms with Crippen molar-refractivity contribution < 1.29 is 0 Å². The van der Waals surface area contributed by atoms with Crippen molar-refractivity contribution >= 4 is 23.0 Å². The van der Waals surface area contributed by atoms with E-state index in [4.69, 9.17) is 0 Å². The van der Waals surface area contributed by atoms with E-state index in [1.54, 1.807) is 18.3 Å². The maximum atomic E-state index is 4.10. The number of nitrogens with zero attached hydrogens (tertiary/aromatic N) is 3. The summed E-state index contributed by atoms with van der Waals surface area (Å²) in [6.07, 6.45) is 7.39. The first-order valence-electron chi connectivity index (χ1n) is 3.23. The summed E-state index contributed by atoms with van der Waals surface area (Å²) in [7, 11) is 0. The lowest BCUT2D eigenvalue weighted by molar-refractivity contribution is 1.21. The molecule has 0 saturated heterocycles. The molecule has 2 heterocycles. The molecule has 3 nitrogen and oxygen atoms in total. The molecule has 2 aromatic heterocycles. The van der Waals surface area contributed by atoms with Gasteiger partial charge in [0.1, 0.15) is 6.33 Å². The van der Waals surface area contributed by atoms with Crippen LogP contribution in [0, 0.1) is 0 Å². The van der Waals surface area contributed by atoms with Crippen molar-refractivity contribution in [3.63, 3.8) is 0 Å². The van der Waals surface area contributed by atoms with Crippen LogP contribution in [0.2, 0.25) is 0 Å². The molecule has 0 unspecified atom stereocenters. The summed E-state index contributed by atoms with van der Waals surface area (Å²) in [6.45, 7) is 0. The third kappa shape index (κ3) is 0.991. The number of aromatic nitrogens is 3. The third-order valence-corrected chi connectivity index (χ3v) is 2.24. The van der Waals surface area contributed by atoms with E-state index in [-0.39, 0.29) is 0 Å². The quantitative estimate of drug-likeness (QED) is 0.642. The van der Waals surface area contributed by atoms with Crippen LogP contribution in [-0.4, -0.2) is 20.2 Å². The fourth-order valence-electron chi connectivity index (χ4n) is 1.01. The van der Waals surface area contributed by atoms with Crippen molar-refractivity contribution in [3.05, 3.63) is 24.8 Å². The van der Waals surface area contributed by atoms with Crippen molar-refractivity contribution in [3.8, 4) is 0 Å². The lowest BCUT2D eigenvalue weighted by Crippen LogP contribution is -1.83. The Bertz CT molecular complexity index is 368. The molecule has 2 rings (SSSR count). The van der Waals surface area contributed by atoms with Gasteiger partial charge in [0.25, 0.3) is 0 Å². The molecule has 0 aliphatic heterocycles. The van der Waals surface area contributed by atoms with Gasteiger partial charge in [-0.25, -0.2) is 9.97 Å². The maximum absolute atomic E-state index is 4.10. The molecule has 0 atom stereocenters. The van der Waals surface area contributed by atoms with Gasteiger partial charge in [-0.15, -0.1) is 0 Å². The molecule has 4 heteroatoms. The monoisotopic (exact) mass is 165 g/mol. The summed E-state index contributed by atoms with van der Waals surface area (Å²) < 4.78 is 2.04. The van der Waals surface area contributed by atoms with E-state index in [1.807, 2.05) is 28.7 Å². The average molecular weight is 165 g/mol. The highest BCUT2D eigenvalue weighted by Crippen LogP contribution is 2.15. The number of hydrogen-bond acceptors (Lipinski definition) is 3. The molecule has 0 N–H and O–H groups in total. The van der Waals surface area contributed by atoms with Crippen LogP contribution >= 0.6 is 11.9 Å². The highest BCUT2D eigenvalue weighted by Gasteiger charge is 1.98. The minimum absolute atomic E-state index is 0.995. The molecule has 0 bridgehead atoms. The Morgan fingerprint density at radius 2 is 2.45 bits per heavy atom. The van der Waals surface area contributed by atoms with E-state index in [9.17, 15) is 0 Å². The largest absolute Gasteiger partial charge is 0.288 e. The van der Waals surface area contributed by atoms with Crippen molar-refractivity contribution in [1.82, 2.24) is 13.9 Å². The van der Waals surface area contributed by atoms with E-state index >= 15 is 0 Å². The summed E-state index contributed by atoms with van der Waals surface area (Å²) >= 11 is 1.64. The first-order valence-corrected chi connectivity index (χ1v) is 4.41. The molecule has 0 aliphatic carbocycles. The van der Waals surface area contributed by atoms with E-state index < -0.39 is 0 Å². The van der Waals surface area contributed by atoms with E-state index in [2.05, 4.69) is 9.97 Å². The van der Waals surface area contributed by atoms with Crippen molar-refractivity contribution in [2.45, 2.75) is 0 Å². The van der Waals surface area contributed by atoms with Crippen molar-refractivity contribution in [2.24, 2.45) is 0 Å². The van der Waals surface area contributed by atoms with Crippen molar-refractivity contribution in [2.75, 3.05) is 6.26 Å². The second-order valence-electron chi connectivity index (χ2n) is 2.12. The molecule has 0 aromatic carbocycles. The van der Waals surface area contributed by atoms with Gasteiger partial charge in [-0.3, -0.25) is 3.97 Å². The zero-order valence-corrected chi connectivity index (χ0v) is 6.88. The summed E-state index contributed by atoms with van der Waals surface area (Å²) in [4.78, 5) is 8.05. The fourth-order valence-corrected chi connectivity index (χ4v) is 1.53. The predicted molar refractivity (Wildman–Crippen MR) is 46.4 cm³/mol. The molecule has 0 saturated carbocycles. The molecule has 0 radical (unpaired) electrons. The third-order valence-electron chi connectivity index (χ3n) is 1.52. The highest BCUT2D eigenvalue weighted by molar-refractivity contribution is 7.97. The standard InChI is InChI=1S/C7H7N3S/c1-11-10-3-2-6-7(10)4-8-5-9-6/h2-5H,1H3. The zero-order valence-electron chi connectivity index (χ0n) is 6.06. The van der Waals surface area contributed by atoms with Crippen molar-refractivity contribution in [1.29, 1.82) is 0 Å². The minimum atomic E-state index is 0.995. The van der Waals surface area contributed by atoms with Gasteiger partial charge in [0.15, 0.2) is 0 Å². The second kappa shape index (κ2) is 2.54. The van der Waals surface area contributed by atoms with Crippen LogP contribution < -0.4 is 0 Å². The number of rotatable bonds is 1. The Labute approximate surface area is 68.6 Å². The first-order chi connectivity index (χ1) is 5.42. The van der Waals surface area contributed by atoms with Gasteiger partial charge < -0.3 is 0 Å². The van der Waals surface area contributed by atoms with E-state index in [0.717, 1.165) is 11.0 Å². The lowest BCUT2D eigenvalue weighted by Gasteiger charge is -1.95. The van der Waals surface area contributed by atoms with Crippen LogP contribution in [0.4, 0.5) is 0 Å². The Kier molecular flexibility index (Phi) is 1.54. The van der Waals surface area contributed by atoms with Crippen LogP contribution in [0.5, 0.6) is 0 Å². The summed E-state index contributed by atoms with van der Waals surface area (Å²) in [5, 5.41) is 0. The molecule has 2 aromatic rings. The lowest BCUT2D eigenvalue weighted by atomic mass is 10.5. The number of hydrogen-bond donors (Lipinski definition) is 0. The van der Waals surface area contributed by atoms with E-state index in [1.165, 1.54) is 0 Å². The van der Waals surface area contributed by atoms with Gasteiger partial charge in [0.05, 0.1) is 17.2 Å². The SMILES string of the molecule is CSn1ccc2ncncc21. The van der Waals surface area contributed by atoms with Gasteiger partial charge >= 0.3 is 0 Å². The molecule has 56 valence electrons. The molecular weight excluding hydrogens is 158 g/mol. The Morgan fingerprint density at radius 3 is 3.27 bits per heavy atom. The summed E-state index contributed by atoms with van der Waals surface area (Å²) in [5.74, 6) is 0. The Hall–Kier alpha value is -1.03. The second-order valence-corrected chi connectivity index (χ2v) is 2.88. The molecule has 0 amide bonds. The summed E-state index contributed by atoms with van der Waals surface area (Å²) in [5.41, 5.74) is 2.06. The average Bonchev–Trinajstić information content (AvgIpc) is 2.47. The van der Waals surface area contributed by atoms with Crippen LogP contribution in [-0.2, 0) is 0 Å². The van der Waals surface area contributed by atoms with Gasteiger partial charge in [-0.2, -0.15) is 0 Å². The highest BCUT2D eigenvalue weighted by atomic mass is 32.2. The first kappa shape index (κ1) is 6.67. The van der Waals surface area contributed by atoms with Crippen LogP contribution in [0.25, 0.3) is 11.0 Å². The topological polar surface area (TPSA) is 30.7 Å². The van der Waals surface area contributed by atoms with E-state index in [0.29, 0.717) is 0 Å². The van der Waals surface area contributed by atoms with Crippen LogP contribution in [0.15, 0.2) is 24.8 Å².